The van der Waals surface area contributed by atoms with E-state index in [-0.39, 0.29) is 24.5 Å². The Balaban J connectivity index is 1.47. The van der Waals surface area contributed by atoms with Gasteiger partial charge in [0.25, 0.3) is 0 Å². The fourth-order valence-corrected chi connectivity index (χ4v) is 4.38. The number of nitrogens with zero attached hydrogens (tertiary/aromatic N) is 3. The van der Waals surface area contributed by atoms with Gasteiger partial charge in [0.05, 0.1) is 16.7 Å². The van der Waals surface area contributed by atoms with Gasteiger partial charge in [0.2, 0.25) is 11.8 Å². The van der Waals surface area contributed by atoms with Gasteiger partial charge in [-0.25, -0.2) is 0 Å². The zero-order valence-electron chi connectivity index (χ0n) is 17.1. The van der Waals surface area contributed by atoms with E-state index in [0.29, 0.717) is 42.6 Å². The number of benzene rings is 1. The number of halogens is 2. The van der Waals surface area contributed by atoms with Crippen molar-refractivity contribution < 1.29 is 14.7 Å². The Morgan fingerprint density at radius 2 is 1.97 bits per heavy atom. The minimum Gasteiger partial charge on any atom is -0.395 e. The van der Waals surface area contributed by atoms with Gasteiger partial charge in [-0.1, -0.05) is 29.3 Å². The number of amides is 2. The number of likely N-dealkylation sites (tertiary alicyclic amines) is 1. The number of aliphatic hydroxyl groups excluding tert-OH is 1. The molecule has 2 fully saturated rings. The number of aliphatic hydroxyl groups is 1. The van der Waals surface area contributed by atoms with Crippen molar-refractivity contribution in [2.45, 2.75) is 31.7 Å². The van der Waals surface area contributed by atoms with Gasteiger partial charge in [-0.3, -0.25) is 14.5 Å². The third kappa shape index (κ3) is 6.20. The maximum atomic E-state index is 12.6. The highest BCUT2D eigenvalue weighted by molar-refractivity contribution is 6.42. The first-order valence-corrected chi connectivity index (χ1v) is 11.3. The van der Waals surface area contributed by atoms with Crippen molar-refractivity contribution in [2.75, 3.05) is 45.9 Å². The van der Waals surface area contributed by atoms with Crippen LogP contribution in [0.2, 0.25) is 10.0 Å². The van der Waals surface area contributed by atoms with Gasteiger partial charge in [-0.15, -0.1) is 0 Å². The molecule has 1 aromatic rings. The first kappa shape index (κ1) is 23.1. The zero-order valence-corrected chi connectivity index (χ0v) is 18.6. The molecule has 1 aromatic carbocycles. The summed E-state index contributed by atoms with van der Waals surface area (Å²) in [5.41, 5.74) is 0.799. The third-order valence-corrected chi connectivity index (χ3v) is 6.58. The molecule has 2 amide bonds. The molecule has 2 heterocycles. The molecule has 164 valence electrons. The van der Waals surface area contributed by atoms with Crippen LogP contribution in [0.4, 0.5) is 0 Å². The molecule has 3 rings (SSSR count). The van der Waals surface area contributed by atoms with Gasteiger partial charge in [-0.05, 0) is 49.6 Å². The number of hydrogen-bond donors (Lipinski definition) is 1. The van der Waals surface area contributed by atoms with Crippen LogP contribution in [0.15, 0.2) is 24.3 Å². The van der Waals surface area contributed by atoms with Gasteiger partial charge in [0.15, 0.2) is 0 Å². The Hall–Kier alpha value is -1.60. The van der Waals surface area contributed by atoms with Crippen LogP contribution in [-0.2, 0) is 9.59 Å². The minimum atomic E-state index is -0.112. The van der Waals surface area contributed by atoms with E-state index in [1.165, 1.54) is 6.08 Å². The lowest BCUT2D eigenvalue weighted by atomic mass is 10.2. The van der Waals surface area contributed by atoms with Crippen molar-refractivity contribution in [2.24, 2.45) is 0 Å². The molecule has 0 saturated carbocycles. The highest BCUT2D eigenvalue weighted by atomic mass is 35.5. The quantitative estimate of drug-likeness (QED) is 0.644. The van der Waals surface area contributed by atoms with Crippen molar-refractivity contribution >= 4 is 41.1 Å². The molecule has 0 aliphatic carbocycles. The molecular formula is C22H29Cl2N3O3. The van der Waals surface area contributed by atoms with E-state index >= 15 is 0 Å². The lowest BCUT2D eigenvalue weighted by Crippen LogP contribution is -2.38. The van der Waals surface area contributed by atoms with Crippen LogP contribution >= 0.6 is 23.2 Å². The van der Waals surface area contributed by atoms with E-state index < -0.39 is 0 Å². The Labute approximate surface area is 188 Å². The Kier molecular flexibility index (Phi) is 8.57. The van der Waals surface area contributed by atoms with Crippen molar-refractivity contribution in [1.82, 2.24) is 14.7 Å². The number of hydrogen-bond acceptors (Lipinski definition) is 4. The van der Waals surface area contributed by atoms with E-state index in [1.807, 2.05) is 4.90 Å². The van der Waals surface area contributed by atoms with Crippen LogP contribution < -0.4 is 0 Å². The van der Waals surface area contributed by atoms with Gasteiger partial charge in [0, 0.05) is 51.3 Å². The summed E-state index contributed by atoms with van der Waals surface area (Å²) in [6.07, 6.45) is 6.63. The molecule has 8 heteroatoms. The monoisotopic (exact) mass is 453 g/mol. The molecular weight excluding hydrogens is 425 g/mol. The van der Waals surface area contributed by atoms with Crippen LogP contribution in [0.5, 0.6) is 0 Å². The minimum absolute atomic E-state index is 0.0962. The van der Waals surface area contributed by atoms with E-state index in [1.54, 1.807) is 29.2 Å². The molecule has 6 nitrogen and oxygen atoms in total. The second-order valence-electron chi connectivity index (χ2n) is 7.83. The van der Waals surface area contributed by atoms with E-state index in [4.69, 9.17) is 23.2 Å². The zero-order chi connectivity index (χ0) is 21.5. The summed E-state index contributed by atoms with van der Waals surface area (Å²) in [6.45, 7) is 4.31. The Bertz CT molecular complexity index is 787. The summed E-state index contributed by atoms with van der Waals surface area (Å²) < 4.78 is 0. The topological polar surface area (TPSA) is 64.1 Å². The fraction of sp³-hybridized carbons (Fsp3) is 0.545. The van der Waals surface area contributed by atoms with Crippen LogP contribution in [0, 0.1) is 0 Å². The number of carbonyl (C=O) groups excluding carboxylic acids is 2. The number of carbonyl (C=O) groups is 2. The molecule has 2 aliphatic heterocycles. The Morgan fingerprint density at radius 1 is 1.13 bits per heavy atom. The smallest absolute Gasteiger partial charge is 0.246 e. The molecule has 1 unspecified atom stereocenters. The summed E-state index contributed by atoms with van der Waals surface area (Å²) in [5, 5.41) is 10.3. The van der Waals surface area contributed by atoms with E-state index in [2.05, 4.69) is 4.90 Å². The summed E-state index contributed by atoms with van der Waals surface area (Å²) in [6, 6.07) is 5.47. The lowest BCUT2D eigenvalue weighted by Gasteiger charge is -2.25. The first-order valence-electron chi connectivity index (χ1n) is 10.5. The van der Waals surface area contributed by atoms with Crippen LogP contribution in [0.1, 0.15) is 31.2 Å². The Morgan fingerprint density at radius 3 is 2.73 bits per heavy atom. The molecule has 1 N–H and O–H groups in total. The highest BCUT2D eigenvalue weighted by Gasteiger charge is 2.25. The van der Waals surface area contributed by atoms with Gasteiger partial charge in [-0.2, -0.15) is 0 Å². The van der Waals surface area contributed by atoms with Gasteiger partial charge >= 0.3 is 0 Å². The molecule has 2 saturated heterocycles. The molecule has 0 radical (unpaired) electrons. The second kappa shape index (κ2) is 11.1. The normalized spacial score (nSPS) is 20.9. The maximum Gasteiger partial charge on any atom is 0.246 e. The van der Waals surface area contributed by atoms with Crippen molar-refractivity contribution in [3.05, 3.63) is 39.9 Å². The van der Waals surface area contributed by atoms with Crippen LogP contribution in [0.3, 0.4) is 0 Å². The average molecular weight is 454 g/mol. The number of rotatable bonds is 7. The van der Waals surface area contributed by atoms with E-state index in [0.717, 1.165) is 37.9 Å². The van der Waals surface area contributed by atoms with Crippen molar-refractivity contribution in [3.63, 3.8) is 0 Å². The first-order chi connectivity index (χ1) is 14.5. The standard InChI is InChI=1S/C22H29Cl2N3O3/c23-19-6-4-17(15-20(19)24)5-7-21(29)27-12-8-22(30)26(13-14-27)11-2-10-25-9-1-3-18(25)16-28/h4-7,15,18,28H,1-3,8-14,16H2. The summed E-state index contributed by atoms with van der Waals surface area (Å²) >= 11 is 11.9. The molecule has 0 bridgehead atoms. The van der Waals surface area contributed by atoms with Gasteiger partial charge < -0.3 is 14.9 Å². The summed E-state index contributed by atoms with van der Waals surface area (Å²) in [7, 11) is 0. The molecule has 0 spiro atoms. The third-order valence-electron chi connectivity index (χ3n) is 5.84. The highest BCUT2D eigenvalue weighted by Crippen LogP contribution is 2.23. The van der Waals surface area contributed by atoms with Gasteiger partial charge in [0.1, 0.15) is 0 Å². The molecule has 2 aliphatic rings. The fourth-order valence-electron chi connectivity index (χ4n) is 4.07. The predicted octanol–water partition coefficient (Wildman–Crippen LogP) is 2.91. The van der Waals surface area contributed by atoms with Crippen molar-refractivity contribution in [3.8, 4) is 0 Å². The maximum absolute atomic E-state index is 12.6. The summed E-state index contributed by atoms with van der Waals surface area (Å²) in [5.74, 6) is -0.0162. The largest absolute Gasteiger partial charge is 0.395 e. The average Bonchev–Trinajstić information content (AvgIpc) is 3.11. The predicted molar refractivity (Wildman–Crippen MR) is 120 cm³/mol. The summed E-state index contributed by atoms with van der Waals surface area (Å²) in [4.78, 5) is 30.9. The van der Waals surface area contributed by atoms with E-state index in [9.17, 15) is 14.7 Å². The molecule has 1 atom stereocenters. The second-order valence-corrected chi connectivity index (χ2v) is 8.65. The van der Waals surface area contributed by atoms with Crippen molar-refractivity contribution in [1.29, 1.82) is 0 Å². The molecule has 0 aromatic heterocycles. The molecule has 30 heavy (non-hydrogen) atoms. The lowest BCUT2D eigenvalue weighted by molar-refractivity contribution is -0.130. The van der Waals surface area contributed by atoms with Crippen LogP contribution in [0.25, 0.3) is 6.08 Å². The SMILES string of the molecule is O=C(C=Cc1ccc(Cl)c(Cl)c1)N1CCC(=O)N(CCCN2CCCC2CO)CC1. The van der Waals surface area contributed by atoms with Crippen LogP contribution in [-0.4, -0.2) is 83.5 Å².